The van der Waals surface area contributed by atoms with Crippen molar-refractivity contribution in [3.8, 4) is 5.75 Å². The number of nitro benzene ring substituents is 1. The Bertz CT molecular complexity index is 1240. The van der Waals surface area contributed by atoms with E-state index in [1.165, 1.54) is 36.0 Å². The predicted molar refractivity (Wildman–Crippen MR) is 141 cm³/mol. The lowest BCUT2D eigenvalue weighted by Crippen LogP contribution is -2.33. The van der Waals surface area contributed by atoms with Gasteiger partial charge in [-0.15, -0.1) is 10.2 Å². The Hall–Kier alpha value is -3.93. The fraction of sp³-hybridized carbons (Fsp3) is 0.360. The lowest BCUT2D eigenvalue weighted by atomic mass is 10.0. The number of benzene rings is 2. The van der Waals surface area contributed by atoms with E-state index >= 15 is 0 Å². The Kier molecular flexibility index (Phi) is 9.61. The number of carbonyl (C=O) groups excluding carboxylic acids is 2. The smallest absolute Gasteiger partial charge is 0.270 e. The van der Waals surface area contributed by atoms with Crippen molar-refractivity contribution in [3.63, 3.8) is 0 Å². The third-order valence-electron chi connectivity index (χ3n) is 5.39. The number of hydrogen-bond donors (Lipinski definition) is 2. The van der Waals surface area contributed by atoms with Crippen LogP contribution in [-0.4, -0.2) is 43.9 Å². The van der Waals surface area contributed by atoms with Crippen LogP contribution in [0.4, 0.5) is 11.4 Å². The summed E-state index contributed by atoms with van der Waals surface area (Å²) in [6, 6.07) is 12.2. The number of hydrogen-bond acceptors (Lipinski definition) is 8. The van der Waals surface area contributed by atoms with Crippen molar-refractivity contribution in [2.45, 2.75) is 45.4 Å². The minimum absolute atomic E-state index is 0.0436. The molecule has 0 saturated heterocycles. The molecule has 1 atom stereocenters. The molecule has 12 heteroatoms. The average Bonchev–Trinajstić information content (AvgIpc) is 3.29. The standard InChI is InChI=1S/C25H30N6O5S/c1-5-30-23(22(16(3)4)27-24(33)17-8-7-9-19(14-17)31(34)35)28-29-25(30)37-15-21(32)26-18-10-12-20(13-11-18)36-6-2/h7-14,16,22H,5-6,15H2,1-4H3,(H,26,32)(H,27,33)/t22-/m0/s1. The molecule has 0 radical (unpaired) electrons. The van der Waals surface area contributed by atoms with Gasteiger partial charge in [-0.3, -0.25) is 19.7 Å². The molecule has 0 unspecified atom stereocenters. The molecule has 0 aliphatic rings. The van der Waals surface area contributed by atoms with Gasteiger partial charge in [-0.2, -0.15) is 0 Å². The molecule has 11 nitrogen and oxygen atoms in total. The summed E-state index contributed by atoms with van der Waals surface area (Å²) in [5.41, 5.74) is 0.686. The van der Waals surface area contributed by atoms with Gasteiger partial charge in [0.2, 0.25) is 5.91 Å². The van der Waals surface area contributed by atoms with E-state index in [4.69, 9.17) is 4.74 Å². The first-order valence-corrected chi connectivity index (χ1v) is 12.9. The molecular formula is C25H30N6O5S. The normalized spacial score (nSPS) is 11.7. The minimum Gasteiger partial charge on any atom is -0.494 e. The van der Waals surface area contributed by atoms with Crippen LogP contribution in [0.15, 0.2) is 53.7 Å². The molecule has 37 heavy (non-hydrogen) atoms. The van der Waals surface area contributed by atoms with Crippen LogP contribution in [0.25, 0.3) is 0 Å². The molecule has 3 aromatic rings. The summed E-state index contributed by atoms with van der Waals surface area (Å²) < 4.78 is 7.27. The number of thioether (sulfide) groups is 1. The van der Waals surface area contributed by atoms with Crippen LogP contribution >= 0.6 is 11.8 Å². The topological polar surface area (TPSA) is 141 Å². The number of rotatable bonds is 12. The minimum atomic E-state index is -0.542. The van der Waals surface area contributed by atoms with Crippen LogP contribution in [-0.2, 0) is 11.3 Å². The summed E-state index contributed by atoms with van der Waals surface area (Å²) in [7, 11) is 0. The highest BCUT2D eigenvalue weighted by Crippen LogP contribution is 2.26. The molecule has 2 aromatic carbocycles. The van der Waals surface area contributed by atoms with E-state index in [0.29, 0.717) is 29.8 Å². The van der Waals surface area contributed by atoms with Crippen LogP contribution < -0.4 is 15.4 Å². The summed E-state index contributed by atoms with van der Waals surface area (Å²) in [5.74, 6) is 0.717. The molecule has 2 amide bonds. The fourth-order valence-electron chi connectivity index (χ4n) is 3.58. The van der Waals surface area contributed by atoms with Gasteiger partial charge in [0.1, 0.15) is 5.75 Å². The van der Waals surface area contributed by atoms with Crippen molar-refractivity contribution in [2.24, 2.45) is 5.92 Å². The fourth-order valence-corrected chi connectivity index (χ4v) is 4.39. The predicted octanol–water partition coefficient (Wildman–Crippen LogP) is 4.46. The third kappa shape index (κ3) is 7.29. The number of nitrogens with one attached hydrogen (secondary N) is 2. The zero-order chi connectivity index (χ0) is 26.9. The maximum absolute atomic E-state index is 12.9. The Balaban J connectivity index is 1.69. The highest BCUT2D eigenvalue weighted by molar-refractivity contribution is 7.99. The number of carbonyl (C=O) groups is 2. The largest absolute Gasteiger partial charge is 0.494 e. The quantitative estimate of drug-likeness (QED) is 0.200. The third-order valence-corrected chi connectivity index (χ3v) is 6.36. The van der Waals surface area contributed by atoms with Crippen molar-refractivity contribution in [2.75, 3.05) is 17.7 Å². The molecule has 0 spiro atoms. The van der Waals surface area contributed by atoms with Crippen molar-refractivity contribution < 1.29 is 19.2 Å². The number of amides is 2. The second-order valence-electron chi connectivity index (χ2n) is 8.38. The molecule has 0 aliphatic heterocycles. The van der Waals surface area contributed by atoms with E-state index in [1.54, 1.807) is 24.3 Å². The molecule has 0 aliphatic carbocycles. The number of nitrogens with zero attached hydrogens (tertiary/aromatic N) is 4. The Morgan fingerprint density at radius 1 is 1.14 bits per heavy atom. The van der Waals surface area contributed by atoms with Crippen molar-refractivity contribution in [3.05, 3.63) is 70.0 Å². The van der Waals surface area contributed by atoms with Crippen molar-refractivity contribution >= 4 is 35.0 Å². The zero-order valence-electron chi connectivity index (χ0n) is 21.1. The number of non-ortho nitro benzene ring substituents is 1. The second-order valence-corrected chi connectivity index (χ2v) is 9.32. The highest BCUT2D eigenvalue weighted by atomic mass is 32.2. The van der Waals surface area contributed by atoms with Gasteiger partial charge in [0.15, 0.2) is 11.0 Å². The summed E-state index contributed by atoms with van der Waals surface area (Å²) >= 11 is 1.25. The first kappa shape index (κ1) is 27.7. The van der Waals surface area contributed by atoms with Gasteiger partial charge < -0.3 is 19.9 Å². The first-order chi connectivity index (χ1) is 17.7. The number of aromatic nitrogens is 3. The molecular weight excluding hydrogens is 496 g/mol. The zero-order valence-corrected chi connectivity index (χ0v) is 21.9. The first-order valence-electron chi connectivity index (χ1n) is 11.9. The van der Waals surface area contributed by atoms with E-state index < -0.39 is 16.9 Å². The van der Waals surface area contributed by atoms with Crippen LogP contribution in [0.5, 0.6) is 5.75 Å². The SMILES string of the molecule is CCOc1ccc(NC(=O)CSc2nnc([C@@H](NC(=O)c3cccc([N+](=O)[O-])c3)C(C)C)n2CC)cc1. The molecule has 3 rings (SSSR count). The maximum atomic E-state index is 12.9. The molecule has 0 saturated carbocycles. The van der Waals surface area contributed by atoms with Crippen LogP contribution in [0.2, 0.25) is 0 Å². The highest BCUT2D eigenvalue weighted by Gasteiger charge is 2.26. The lowest BCUT2D eigenvalue weighted by Gasteiger charge is -2.22. The molecule has 1 aromatic heterocycles. The number of nitro groups is 1. The molecule has 196 valence electrons. The van der Waals surface area contributed by atoms with Gasteiger partial charge in [-0.05, 0) is 50.1 Å². The Labute approximate surface area is 219 Å². The maximum Gasteiger partial charge on any atom is 0.270 e. The summed E-state index contributed by atoms with van der Waals surface area (Å²) in [5, 5.41) is 26.0. The van der Waals surface area contributed by atoms with Crippen LogP contribution in [0.3, 0.4) is 0 Å². The van der Waals surface area contributed by atoms with Gasteiger partial charge in [-0.25, -0.2) is 0 Å². The number of ether oxygens (including phenoxy) is 1. The summed E-state index contributed by atoms with van der Waals surface area (Å²) in [6.45, 7) is 8.80. The lowest BCUT2D eigenvalue weighted by molar-refractivity contribution is -0.384. The van der Waals surface area contributed by atoms with E-state index in [9.17, 15) is 19.7 Å². The average molecular weight is 527 g/mol. The number of anilines is 1. The van der Waals surface area contributed by atoms with E-state index in [-0.39, 0.29) is 28.8 Å². The van der Waals surface area contributed by atoms with E-state index in [0.717, 1.165) is 5.75 Å². The second kappa shape index (κ2) is 12.9. The molecule has 0 fully saturated rings. The Morgan fingerprint density at radius 3 is 2.49 bits per heavy atom. The molecule has 2 N–H and O–H groups in total. The van der Waals surface area contributed by atoms with E-state index in [1.807, 2.05) is 32.3 Å². The summed E-state index contributed by atoms with van der Waals surface area (Å²) in [6.07, 6.45) is 0. The monoisotopic (exact) mass is 526 g/mol. The van der Waals surface area contributed by atoms with Gasteiger partial charge in [0.25, 0.3) is 11.6 Å². The molecule has 0 bridgehead atoms. The van der Waals surface area contributed by atoms with E-state index in [2.05, 4.69) is 20.8 Å². The molecule has 1 heterocycles. The van der Waals surface area contributed by atoms with Gasteiger partial charge in [0.05, 0.1) is 23.3 Å². The Morgan fingerprint density at radius 2 is 1.86 bits per heavy atom. The van der Waals surface area contributed by atoms with Gasteiger partial charge >= 0.3 is 0 Å². The van der Waals surface area contributed by atoms with Crippen molar-refractivity contribution in [1.82, 2.24) is 20.1 Å². The van der Waals surface area contributed by atoms with Crippen LogP contribution in [0.1, 0.15) is 49.9 Å². The van der Waals surface area contributed by atoms with Crippen LogP contribution in [0, 0.1) is 16.0 Å². The van der Waals surface area contributed by atoms with Crippen molar-refractivity contribution in [1.29, 1.82) is 0 Å². The van der Waals surface area contributed by atoms with Gasteiger partial charge in [0, 0.05) is 29.9 Å². The van der Waals surface area contributed by atoms with Gasteiger partial charge in [-0.1, -0.05) is 31.7 Å². The summed E-state index contributed by atoms with van der Waals surface area (Å²) in [4.78, 5) is 35.9.